The fourth-order valence-electron chi connectivity index (χ4n) is 1.61. The maximum Gasteiger partial charge on any atom is 0.146 e. The highest BCUT2D eigenvalue weighted by molar-refractivity contribution is 6.42. The molecule has 0 amide bonds. The van der Waals surface area contributed by atoms with E-state index in [1.54, 1.807) is 24.5 Å². The number of halogens is 2. The molecule has 0 fully saturated rings. The number of hydrogen-bond donors (Lipinski definition) is 1. The molecule has 102 valence electrons. The number of benzene rings is 1. The summed E-state index contributed by atoms with van der Waals surface area (Å²) in [7, 11) is 0. The van der Waals surface area contributed by atoms with Gasteiger partial charge in [-0.3, -0.25) is 0 Å². The van der Waals surface area contributed by atoms with E-state index in [1.165, 1.54) is 0 Å². The second kappa shape index (κ2) is 6.85. The first kappa shape index (κ1) is 14.3. The summed E-state index contributed by atoms with van der Waals surface area (Å²) in [6, 6.07) is 7.25. The maximum atomic E-state index is 6.04. The van der Waals surface area contributed by atoms with Crippen molar-refractivity contribution >= 4 is 23.2 Å². The standard InChI is InChI=1S/C14H15Cl2NO2/c1-2-17-7-10-6-11(18-8-10)9-19-13-5-3-4-12(15)14(13)16/h3-6,8,17H,2,7,9H2,1H3. The summed E-state index contributed by atoms with van der Waals surface area (Å²) in [4.78, 5) is 0. The minimum absolute atomic E-state index is 0.326. The fraction of sp³-hybridized carbons (Fsp3) is 0.286. The highest BCUT2D eigenvalue weighted by Gasteiger charge is 2.07. The number of furan rings is 1. The molecule has 0 unspecified atom stereocenters. The second-order valence-corrected chi connectivity index (χ2v) is 4.83. The minimum atomic E-state index is 0.326. The molecule has 5 heteroatoms. The van der Waals surface area contributed by atoms with Gasteiger partial charge in [0.15, 0.2) is 0 Å². The van der Waals surface area contributed by atoms with Crippen LogP contribution < -0.4 is 10.1 Å². The third-order valence-corrected chi connectivity index (χ3v) is 3.37. The van der Waals surface area contributed by atoms with E-state index < -0.39 is 0 Å². The molecule has 1 N–H and O–H groups in total. The van der Waals surface area contributed by atoms with Gasteiger partial charge in [-0.15, -0.1) is 0 Å². The maximum absolute atomic E-state index is 6.04. The van der Waals surface area contributed by atoms with Crippen molar-refractivity contribution in [3.63, 3.8) is 0 Å². The largest absolute Gasteiger partial charge is 0.484 e. The molecule has 0 aliphatic heterocycles. The Morgan fingerprint density at radius 3 is 2.95 bits per heavy atom. The van der Waals surface area contributed by atoms with Crippen molar-refractivity contribution in [2.45, 2.75) is 20.1 Å². The van der Waals surface area contributed by atoms with Crippen LogP contribution in [0.25, 0.3) is 0 Å². The summed E-state index contributed by atoms with van der Waals surface area (Å²) >= 11 is 11.9. The van der Waals surface area contributed by atoms with Crippen molar-refractivity contribution in [1.29, 1.82) is 0 Å². The average molecular weight is 300 g/mol. The molecule has 3 nitrogen and oxygen atoms in total. The van der Waals surface area contributed by atoms with Crippen LogP contribution in [0.2, 0.25) is 10.0 Å². The number of rotatable bonds is 6. The van der Waals surface area contributed by atoms with Crippen LogP contribution in [0.15, 0.2) is 34.9 Å². The molecule has 0 aliphatic carbocycles. The van der Waals surface area contributed by atoms with Crippen LogP contribution in [0, 0.1) is 0 Å². The average Bonchev–Trinajstić information content (AvgIpc) is 2.86. The molecule has 19 heavy (non-hydrogen) atoms. The van der Waals surface area contributed by atoms with E-state index in [0.717, 1.165) is 24.4 Å². The summed E-state index contributed by atoms with van der Waals surface area (Å²) in [5.41, 5.74) is 1.10. The number of hydrogen-bond acceptors (Lipinski definition) is 3. The van der Waals surface area contributed by atoms with Crippen molar-refractivity contribution in [3.05, 3.63) is 51.9 Å². The second-order valence-electron chi connectivity index (χ2n) is 4.04. The molecule has 1 aromatic carbocycles. The van der Waals surface area contributed by atoms with Crippen LogP contribution >= 0.6 is 23.2 Å². The normalized spacial score (nSPS) is 10.7. The van der Waals surface area contributed by atoms with E-state index in [9.17, 15) is 0 Å². The van der Waals surface area contributed by atoms with Gasteiger partial charge in [0, 0.05) is 12.1 Å². The topological polar surface area (TPSA) is 34.4 Å². The number of ether oxygens (including phenoxy) is 1. The van der Waals surface area contributed by atoms with Crippen LogP contribution in [0.5, 0.6) is 5.75 Å². The summed E-state index contributed by atoms with van der Waals surface area (Å²) in [6.45, 7) is 4.10. The Balaban J connectivity index is 1.95. The SMILES string of the molecule is CCNCc1coc(COc2cccc(Cl)c2Cl)c1. The van der Waals surface area contributed by atoms with Crippen molar-refractivity contribution in [2.24, 2.45) is 0 Å². The first-order valence-corrected chi connectivity index (χ1v) is 6.80. The molecule has 0 saturated heterocycles. The molecule has 2 aromatic rings. The van der Waals surface area contributed by atoms with Crippen LogP contribution in [0.1, 0.15) is 18.2 Å². The Bertz CT molecular complexity index is 540. The van der Waals surface area contributed by atoms with Gasteiger partial charge in [-0.25, -0.2) is 0 Å². The monoisotopic (exact) mass is 299 g/mol. The van der Waals surface area contributed by atoms with Crippen LogP contribution in [-0.4, -0.2) is 6.54 Å². The van der Waals surface area contributed by atoms with Gasteiger partial charge in [-0.2, -0.15) is 0 Å². The van der Waals surface area contributed by atoms with Crippen molar-refractivity contribution in [3.8, 4) is 5.75 Å². The third-order valence-electron chi connectivity index (χ3n) is 2.57. The van der Waals surface area contributed by atoms with Gasteiger partial charge in [-0.05, 0) is 24.7 Å². The zero-order valence-electron chi connectivity index (χ0n) is 10.6. The molecule has 0 saturated carbocycles. The Morgan fingerprint density at radius 1 is 1.32 bits per heavy atom. The lowest BCUT2D eigenvalue weighted by molar-refractivity contribution is 0.270. The first-order chi connectivity index (χ1) is 9.20. The highest BCUT2D eigenvalue weighted by atomic mass is 35.5. The van der Waals surface area contributed by atoms with Crippen LogP contribution in [-0.2, 0) is 13.2 Å². The molecule has 2 rings (SSSR count). The molecule has 1 heterocycles. The van der Waals surface area contributed by atoms with E-state index in [-0.39, 0.29) is 0 Å². The van der Waals surface area contributed by atoms with E-state index in [0.29, 0.717) is 22.4 Å². The molecule has 0 bridgehead atoms. The van der Waals surface area contributed by atoms with Crippen molar-refractivity contribution < 1.29 is 9.15 Å². The van der Waals surface area contributed by atoms with Gasteiger partial charge in [0.2, 0.25) is 0 Å². The molecule has 0 atom stereocenters. The Hall–Kier alpha value is -1.16. The number of nitrogens with one attached hydrogen (secondary N) is 1. The third kappa shape index (κ3) is 3.90. The first-order valence-electron chi connectivity index (χ1n) is 6.04. The summed E-state index contributed by atoms with van der Waals surface area (Å²) in [5, 5.41) is 4.13. The summed E-state index contributed by atoms with van der Waals surface area (Å²) < 4.78 is 11.0. The summed E-state index contributed by atoms with van der Waals surface area (Å²) in [5.74, 6) is 1.31. The zero-order chi connectivity index (χ0) is 13.7. The molecule has 0 radical (unpaired) electrons. The Kier molecular flexibility index (Phi) is 5.14. The summed E-state index contributed by atoms with van der Waals surface area (Å²) in [6.07, 6.45) is 1.72. The van der Waals surface area contributed by atoms with Gasteiger partial charge in [0.1, 0.15) is 23.1 Å². The smallest absolute Gasteiger partial charge is 0.146 e. The van der Waals surface area contributed by atoms with Gasteiger partial charge in [-0.1, -0.05) is 36.2 Å². The van der Waals surface area contributed by atoms with Gasteiger partial charge in [0.05, 0.1) is 11.3 Å². The van der Waals surface area contributed by atoms with E-state index in [4.69, 9.17) is 32.4 Å². The van der Waals surface area contributed by atoms with Crippen molar-refractivity contribution in [1.82, 2.24) is 5.32 Å². The van der Waals surface area contributed by atoms with Crippen LogP contribution in [0.3, 0.4) is 0 Å². The Morgan fingerprint density at radius 2 is 2.16 bits per heavy atom. The van der Waals surface area contributed by atoms with Crippen molar-refractivity contribution in [2.75, 3.05) is 6.54 Å². The quantitative estimate of drug-likeness (QED) is 0.865. The van der Waals surface area contributed by atoms with Gasteiger partial charge in [0.25, 0.3) is 0 Å². The van der Waals surface area contributed by atoms with Gasteiger partial charge < -0.3 is 14.5 Å². The minimum Gasteiger partial charge on any atom is -0.484 e. The molecule has 0 aliphatic rings. The molecular formula is C14H15Cl2NO2. The lowest BCUT2D eigenvalue weighted by Gasteiger charge is -2.06. The predicted molar refractivity (Wildman–Crippen MR) is 76.9 cm³/mol. The lowest BCUT2D eigenvalue weighted by atomic mass is 10.3. The van der Waals surface area contributed by atoms with Crippen LogP contribution in [0.4, 0.5) is 0 Å². The molecule has 0 spiro atoms. The van der Waals surface area contributed by atoms with E-state index >= 15 is 0 Å². The zero-order valence-corrected chi connectivity index (χ0v) is 12.1. The van der Waals surface area contributed by atoms with E-state index in [1.807, 2.05) is 6.07 Å². The predicted octanol–water partition coefficient (Wildman–Crippen LogP) is 4.27. The lowest BCUT2D eigenvalue weighted by Crippen LogP contribution is -2.10. The van der Waals surface area contributed by atoms with E-state index in [2.05, 4.69) is 12.2 Å². The van der Waals surface area contributed by atoms with Gasteiger partial charge >= 0.3 is 0 Å². The highest BCUT2D eigenvalue weighted by Crippen LogP contribution is 2.31. The molecule has 1 aromatic heterocycles. The fourth-order valence-corrected chi connectivity index (χ4v) is 1.95. The Labute approximate surface area is 122 Å². The molecular weight excluding hydrogens is 285 g/mol.